The Morgan fingerprint density at radius 2 is 1.94 bits per heavy atom. The van der Waals surface area contributed by atoms with Crippen molar-refractivity contribution >= 4 is 11.8 Å². The number of amides is 2. The van der Waals surface area contributed by atoms with Crippen LogP contribution in [-0.2, 0) is 9.59 Å². The van der Waals surface area contributed by atoms with Gasteiger partial charge in [0.25, 0.3) is 0 Å². The lowest BCUT2D eigenvalue weighted by molar-refractivity contribution is -0.131. The van der Waals surface area contributed by atoms with Gasteiger partial charge in [0.05, 0.1) is 12.1 Å². The van der Waals surface area contributed by atoms with Gasteiger partial charge in [0.15, 0.2) is 0 Å². The fourth-order valence-corrected chi connectivity index (χ4v) is 2.12. The van der Waals surface area contributed by atoms with Crippen LogP contribution in [0.3, 0.4) is 0 Å². The first kappa shape index (κ1) is 14.0. The van der Waals surface area contributed by atoms with Crippen LogP contribution in [0.15, 0.2) is 0 Å². The minimum Gasteiger partial charge on any atom is -0.390 e. The van der Waals surface area contributed by atoms with Crippen LogP contribution in [0.4, 0.5) is 0 Å². The van der Waals surface area contributed by atoms with Crippen molar-refractivity contribution in [2.75, 3.05) is 20.1 Å². The highest BCUT2D eigenvalue weighted by Gasteiger charge is 2.31. The second-order valence-corrected chi connectivity index (χ2v) is 4.91. The van der Waals surface area contributed by atoms with E-state index in [4.69, 9.17) is 0 Å². The minimum atomic E-state index is -0.581. The van der Waals surface area contributed by atoms with E-state index in [-0.39, 0.29) is 18.4 Å². The third-order valence-corrected chi connectivity index (χ3v) is 3.36. The summed E-state index contributed by atoms with van der Waals surface area (Å²) in [6, 6.07) is 0. The first-order chi connectivity index (χ1) is 7.93. The zero-order chi connectivity index (χ0) is 12.9. The number of aliphatic hydroxyl groups is 1. The van der Waals surface area contributed by atoms with Gasteiger partial charge in [-0.2, -0.15) is 0 Å². The molecule has 0 aromatic rings. The Bertz CT molecular complexity index is 285. The van der Waals surface area contributed by atoms with Gasteiger partial charge in [-0.1, -0.05) is 12.8 Å². The first-order valence-electron chi connectivity index (χ1n) is 6.14. The van der Waals surface area contributed by atoms with Gasteiger partial charge >= 0.3 is 0 Å². The zero-order valence-electron chi connectivity index (χ0n) is 10.7. The van der Waals surface area contributed by atoms with E-state index in [2.05, 4.69) is 5.32 Å². The molecule has 17 heavy (non-hydrogen) atoms. The van der Waals surface area contributed by atoms with E-state index in [9.17, 15) is 14.7 Å². The highest BCUT2D eigenvalue weighted by molar-refractivity contribution is 5.83. The van der Waals surface area contributed by atoms with Crippen LogP contribution in [0.1, 0.15) is 39.0 Å². The maximum Gasteiger partial charge on any atom is 0.241 e. The Morgan fingerprint density at radius 3 is 2.47 bits per heavy atom. The van der Waals surface area contributed by atoms with Gasteiger partial charge in [0, 0.05) is 20.5 Å². The fourth-order valence-electron chi connectivity index (χ4n) is 2.12. The van der Waals surface area contributed by atoms with E-state index in [1.165, 1.54) is 6.92 Å². The molecule has 0 unspecified atom stereocenters. The number of nitrogens with zero attached hydrogens (tertiary/aromatic N) is 1. The number of likely N-dealkylation sites (N-methyl/N-ethyl adjacent to an activating group) is 1. The molecule has 1 fully saturated rings. The number of carbonyl (C=O) groups is 2. The predicted molar refractivity (Wildman–Crippen MR) is 64.4 cm³/mol. The Labute approximate surface area is 102 Å². The molecule has 0 aliphatic heterocycles. The van der Waals surface area contributed by atoms with E-state index < -0.39 is 5.60 Å². The van der Waals surface area contributed by atoms with Crippen LogP contribution in [0.5, 0.6) is 0 Å². The van der Waals surface area contributed by atoms with Crippen molar-refractivity contribution in [2.24, 2.45) is 0 Å². The summed E-state index contributed by atoms with van der Waals surface area (Å²) in [5.41, 5.74) is -0.581. The average Bonchev–Trinajstić information content (AvgIpc) is 2.70. The van der Waals surface area contributed by atoms with Crippen LogP contribution in [0.25, 0.3) is 0 Å². The molecule has 5 heteroatoms. The maximum atomic E-state index is 11.6. The van der Waals surface area contributed by atoms with Crippen molar-refractivity contribution in [1.29, 1.82) is 0 Å². The predicted octanol–water partition coefficient (Wildman–Crippen LogP) is 0.276. The summed E-state index contributed by atoms with van der Waals surface area (Å²) in [6.45, 7) is 1.95. The van der Waals surface area contributed by atoms with Crippen LogP contribution in [0.2, 0.25) is 0 Å². The van der Waals surface area contributed by atoms with Crippen molar-refractivity contribution in [3.8, 4) is 0 Å². The van der Waals surface area contributed by atoms with Gasteiger partial charge in [-0.05, 0) is 19.3 Å². The lowest BCUT2D eigenvalue weighted by Crippen LogP contribution is -2.40. The summed E-state index contributed by atoms with van der Waals surface area (Å²) in [5, 5.41) is 12.6. The largest absolute Gasteiger partial charge is 0.390 e. The monoisotopic (exact) mass is 242 g/mol. The molecule has 1 saturated carbocycles. The molecule has 0 aromatic carbocycles. The maximum absolute atomic E-state index is 11.6. The summed E-state index contributed by atoms with van der Waals surface area (Å²) in [6.07, 6.45) is 4.43. The molecule has 1 aliphatic carbocycles. The molecule has 2 amide bonds. The Balaban J connectivity index is 2.26. The number of nitrogens with one attached hydrogen (secondary N) is 1. The second kappa shape index (κ2) is 6.00. The fraction of sp³-hybridized carbons (Fsp3) is 0.833. The Morgan fingerprint density at radius 1 is 1.35 bits per heavy atom. The summed E-state index contributed by atoms with van der Waals surface area (Å²) >= 11 is 0. The molecular formula is C12H22N2O3. The molecule has 2 N–H and O–H groups in total. The van der Waals surface area contributed by atoms with E-state index in [1.54, 1.807) is 11.9 Å². The molecular weight excluding hydrogens is 220 g/mol. The number of carbonyl (C=O) groups excluding carboxylic acids is 2. The van der Waals surface area contributed by atoms with Crippen LogP contribution >= 0.6 is 0 Å². The van der Waals surface area contributed by atoms with Gasteiger partial charge in [0.2, 0.25) is 11.8 Å². The Hall–Kier alpha value is -1.10. The lowest BCUT2D eigenvalue weighted by Gasteiger charge is -2.25. The molecule has 0 spiro atoms. The standard InChI is InChI=1S/C12H22N2O3/c1-10(15)13-9-11(16)14(2)8-7-12(17)5-3-4-6-12/h17H,3-9H2,1-2H3,(H,13,15). The van der Waals surface area contributed by atoms with Crippen molar-refractivity contribution < 1.29 is 14.7 Å². The number of hydrogen-bond acceptors (Lipinski definition) is 3. The van der Waals surface area contributed by atoms with Gasteiger partial charge in [-0.25, -0.2) is 0 Å². The van der Waals surface area contributed by atoms with Crippen molar-refractivity contribution in [1.82, 2.24) is 10.2 Å². The van der Waals surface area contributed by atoms with Gasteiger partial charge in [-0.3, -0.25) is 9.59 Å². The van der Waals surface area contributed by atoms with Gasteiger partial charge in [0.1, 0.15) is 0 Å². The lowest BCUT2D eigenvalue weighted by atomic mass is 9.98. The highest BCUT2D eigenvalue weighted by atomic mass is 16.3. The van der Waals surface area contributed by atoms with Crippen molar-refractivity contribution in [3.05, 3.63) is 0 Å². The molecule has 0 saturated heterocycles. The summed E-state index contributed by atoms with van der Waals surface area (Å²) in [5.74, 6) is -0.331. The van der Waals surface area contributed by atoms with Crippen molar-refractivity contribution in [2.45, 2.75) is 44.6 Å². The Kier molecular flexibility index (Phi) is 4.93. The molecule has 1 rings (SSSR count). The van der Waals surface area contributed by atoms with E-state index in [0.29, 0.717) is 13.0 Å². The van der Waals surface area contributed by atoms with Gasteiger partial charge < -0.3 is 15.3 Å². The SMILES string of the molecule is CC(=O)NCC(=O)N(C)CCC1(O)CCCC1. The summed E-state index contributed by atoms with van der Waals surface area (Å²) in [7, 11) is 1.70. The number of hydrogen-bond donors (Lipinski definition) is 2. The summed E-state index contributed by atoms with van der Waals surface area (Å²) < 4.78 is 0. The smallest absolute Gasteiger partial charge is 0.241 e. The van der Waals surface area contributed by atoms with Crippen LogP contribution < -0.4 is 5.32 Å². The third-order valence-electron chi connectivity index (χ3n) is 3.36. The van der Waals surface area contributed by atoms with E-state index in [0.717, 1.165) is 25.7 Å². The molecule has 0 aromatic heterocycles. The molecule has 5 nitrogen and oxygen atoms in total. The molecule has 98 valence electrons. The minimum absolute atomic E-state index is 0.0320. The molecule has 0 bridgehead atoms. The summed E-state index contributed by atoms with van der Waals surface area (Å²) in [4.78, 5) is 23.8. The number of rotatable bonds is 5. The van der Waals surface area contributed by atoms with E-state index in [1.807, 2.05) is 0 Å². The van der Waals surface area contributed by atoms with Crippen LogP contribution in [-0.4, -0.2) is 47.6 Å². The van der Waals surface area contributed by atoms with E-state index >= 15 is 0 Å². The quantitative estimate of drug-likeness (QED) is 0.727. The normalized spacial score (nSPS) is 17.8. The zero-order valence-corrected chi connectivity index (χ0v) is 10.7. The first-order valence-corrected chi connectivity index (χ1v) is 6.14. The molecule has 0 atom stereocenters. The average molecular weight is 242 g/mol. The van der Waals surface area contributed by atoms with Crippen LogP contribution in [0, 0.1) is 0 Å². The molecule has 0 heterocycles. The van der Waals surface area contributed by atoms with Crippen molar-refractivity contribution in [3.63, 3.8) is 0 Å². The third kappa shape index (κ3) is 4.73. The molecule has 0 radical (unpaired) electrons. The highest BCUT2D eigenvalue weighted by Crippen LogP contribution is 2.32. The van der Waals surface area contributed by atoms with Gasteiger partial charge in [-0.15, -0.1) is 0 Å². The molecule has 1 aliphatic rings. The topological polar surface area (TPSA) is 69.6 Å². The second-order valence-electron chi connectivity index (χ2n) is 4.91.